The molecule has 0 saturated carbocycles. The Morgan fingerprint density at radius 2 is 1.88 bits per heavy atom. The van der Waals surface area contributed by atoms with E-state index in [1.807, 2.05) is 12.2 Å². The van der Waals surface area contributed by atoms with Crippen LogP contribution in [-0.4, -0.2) is 37.0 Å². The highest BCUT2D eigenvalue weighted by atomic mass is 16.5. The number of hydrogen-bond acceptors (Lipinski definition) is 4. The van der Waals surface area contributed by atoms with Crippen LogP contribution in [0.25, 0.3) is 0 Å². The molecule has 0 bridgehead atoms. The molecule has 6 nitrogen and oxygen atoms in total. The summed E-state index contributed by atoms with van der Waals surface area (Å²) in [7, 11) is 0. The fourth-order valence-corrected chi connectivity index (χ4v) is 3.95. The lowest BCUT2D eigenvalue weighted by atomic mass is 9.85. The smallest absolute Gasteiger partial charge is 0.251 e. The summed E-state index contributed by atoms with van der Waals surface area (Å²) >= 11 is 0. The minimum atomic E-state index is -0.274. The van der Waals surface area contributed by atoms with Gasteiger partial charge in [0, 0.05) is 18.7 Å². The second-order valence-electron chi connectivity index (χ2n) is 7.06. The largest absolute Gasteiger partial charge is 0.376 e. The molecule has 3 amide bonds. The minimum Gasteiger partial charge on any atom is -0.376 e. The van der Waals surface area contributed by atoms with Crippen molar-refractivity contribution in [1.29, 1.82) is 0 Å². The molecule has 0 aromatic heterocycles. The third kappa shape index (κ3) is 3.05. The molecule has 26 heavy (non-hydrogen) atoms. The van der Waals surface area contributed by atoms with E-state index in [2.05, 4.69) is 5.32 Å². The van der Waals surface area contributed by atoms with Crippen molar-refractivity contribution in [3.8, 4) is 0 Å². The molecule has 1 aliphatic carbocycles. The van der Waals surface area contributed by atoms with E-state index >= 15 is 0 Å². The average Bonchev–Trinajstić information content (AvgIpc) is 3.27. The summed E-state index contributed by atoms with van der Waals surface area (Å²) in [4.78, 5) is 39.0. The van der Waals surface area contributed by atoms with Gasteiger partial charge in [0.05, 0.1) is 23.6 Å². The Kier molecular flexibility index (Phi) is 4.59. The van der Waals surface area contributed by atoms with Gasteiger partial charge in [0.25, 0.3) is 5.91 Å². The topological polar surface area (TPSA) is 75.7 Å². The third-order valence-electron chi connectivity index (χ3n) is 5.39. The Hall–Kier alpha value is -2.47. The molecule has 0 spiro atoms. The van der Waals surface area contributed by atoms with Crippen LogP contribution in [0.15, 0.2) is 36.4 Å². The van der Waals surface area contributed by atoms with Gasteiger partial charge in [-0.15, -0.1) is 0 Å². The van der Waals surface area contributed by atoms with Crippen molar-refractivity contribution >= 4 is 23.4 Å². The van der Waals surface area contributed by atoms with Crippen LogP contribution in [0.1, 0.15) is 36.0 Å². The Bertz CT molecular complexity index is 741. The van der Waals surface area contributed by atoms with Crippen molar-refractivity contribution in [3.05, 3.63) is 42.0 Å². The van der Waals surface area contributed by atoms with E-state index in [4.69, 9.17) is 4.74 Å². The van der Waals surface area contributed by atoms with Crippen molar-refractivity contribution < 1.29 is 19.1 Å². The predicted molar refractivity (Wildman–Crippen MR) is 95.6 cm³/mol. The van der Waals surface area contributed by atoms with Gasteiger partial charge in [-0.3, -0.25) is 19.3 Å². The van der Waals surface area contributed by atoms with Crippen LogP contribution < -0.4 is 10.2 Å². The summed E-state index contributed by atoms with van der Waals surface area (Å²) in [6.45, 7) is 1.22. The van der Waals surface area contributed by atoms with E-state index in [1.54, 1.807) is 24.3 Å². The van der Waals surface area contributed by atoms with Crippen LogP contribution in [0.3, 0.4) is 0 Å². The number of fused-ring (bicyclic) bond motifs is 1. The first kappa shape index (κ1) is 17.0. The fourth-order valence-electron chi connectivity index (χ4n) is 3.95. The molecule has 2 fully saturated rings. The van der Waals surface area contributed by atoms with Crippen molar-refractivity contribution in [3.63, 3.8) is 0 Å². The van der Waals surface area contributed by atoms with E-state index in [-0.39, 0.29) is 35.7 Å². The molecule has 3 aliphatic rings. The SMILES string of the molecule is O=C(NCC1CCCO1)c1cccc(N2C(=O)C3CC=CCC3C2=O)c1. The Morgan fingerprint density at radius 1 is 1.15 bits per heavy atom. The highest BCUT2D eigenvalue weighted by Crippen LogP contribution is 2.37. The lowest BCUT2D eigenvalue weighted by Gasteiger charge is -2.16. The van der Waals surface area contributed by atoms with Crippen molar-refractivity contribution in [1.82, 2.24) is 5.32 Å². The summed E-state index contributed by atoms with van der Waals surface area (Å²) in [6.07, 6.45) is 7.18. The molecular weight excluding hydrogens is 332 g/mol. The number of hydrogen-bond donors (Lipinski definition) is 1. The number of nitrogens with one attached hydrogen (secondary N) is 1. The second-order valence-corrected chi connectivity index (χ2v) is 7.06. The highest BCUT2D eigenvalue weighted by Gasteiger charge is 2.47. The molecule has 1 aromatic carbocycles. The van der Waals surface area contributed by atoms with Gasteiger partial charge in [0.2, 0.25) is 11.8 Å². The Morgan fingerprint density at radius 3 is 2.54 bits per heavy atom. The number of imide groups is 1. The van der Waals surface area contributed by atoms with Crippen molar-refractivity contribution in [2.45, 2.75) is 31.8 Å². The van der Waals surface area contributed by atoms with E-state index in [9.17, 15) is 14.4 Å². The van der Waals surface area contributed by atoms with Crippen molar-refractivity contribution in [2.75, 3.05) is 18.1 Å². The predicted octanol–water partition coefficient (Wildman–Crippen LogP) is 2.05. The quantitative estimate of drug-likeness (QED) is 0.663. The van der Waals surface area contributed by atoms with Gasteiger partial charge in [-0.2, -0.15) is 0 Å². The van der Waals surface area contributed by atoms with Gasteiger partial charge >= 0.3 is 0 Å². The summed E-state index contributed by atoms with van der Waals surface area (Å²) in [6, 6.07) is 6.72. The number of rotatable bonds is 4. The summed E-state index contributed by atoms with van der Waals surface area (Å²) < 4.78 is 5.51. The van der Waals surface area contributed by atoms with Gasteiger partial charge in [0.15, 0.2) is 0 Å². The molecular formula is C20H22N2O4. The summed E-state index contributed by atoms with van der Waals surface area (Å²) in [5, 5.41) is 2.87. The van der Waals surface area contributed by atoms with Crippen molar-refractivity contribution in [2.24, 2.45) is 11.8 Å². The number of amides is 3. The zero-order valence-electron chi connectivity index (χ0n) is 14.5. The molecule has 136 valence electrons. The maximum absolute atomic E-state index is 12.7. The van der Waals surface area contributed by atoms with Crippen LogP contribution in [0.5, 0.6) is 0 Å². The first-order valence-corrected chi connectivity index (χ1v) is 9.18. The number of carbonyl (C=O) groups is 3. The van der Waals surface area contributed by atoms with Gasteiger partial charge < -0.3 is 10.1 Å². The first-order valence-electron chi connectivity index (χ1n) is 9.18. The van der Waals surface area contributed by atoms with E-state index in [0.29, 0.717) is 30.6 Å². The van der Waals surface area contributed by atoms with E-state index < -0.39 is 0 Å². The van der Waals surface area contributed by atoms with Crippen LogP contribution in [0, 0.1) is 11.8 Å². The molecule has 1 N–H and O–H groups in total. The summed E-state index contributed by atoms with van der Waals surface area (Å²) in [5.74, 6) is -1.10. The maximum Gasteiger partial charge on any atom is 0.251 e. The summed E-state index contributed by atoms with van der Waals surface area (Å²) in [5.41, 5.74) is 0.910. The number of benzene rings is 1. The number of anilines is 1. The zero-order chi connectivity index (χ0) is 18.1. The number of allylic oxidation sites excluding steroid dienone is 2. The van der Waals surface area contributed by atoms with Crippen LogP contribution in [0.4, 0.5) is 5.69 Å². The van der Waals surface area contributed by atoms with Gasteiger partial charge in [-0.1, -0.05) is 18.2 Å². The van der Waals surface area contributed by atoms with Crippen LogP contribution >= 0.6 is 0 Å². The molecule has 1 aromatic rings. The monoisotopic (exact) mass is 354 g/mol. The standard InChI is InChI=1S/C20H22N2O4/c23-18(21-12-15-7-4-10-26-15)13-5-3-6-14(11-13)22-19(24)16-8-1-2-9-17(16)20(22)25/h1-3,5-6,11,15-17H,4,7-10,12H2,(H,21,23). The van der Waals surface area contributed by atoms with Gasteiger partial charge in [-0.05, 0) is 43.9 Å². The maximum atomic E-state index is 12.7. The second kappa shape index (κ2) is 7.03. The highest BCUT2D eigenvalue weighted by molar-refractivity contribution is 6.22. The molecule has 3 unspecified atom stereocenters. The molecule has 2 saturated heterocycles. The van der Waals surface area contributed by atoms with Crippen LogP contribution in [0.2, 0.25) is 0 Å². The minimum absolute atomic E-state index is 0.0690. The number of nitrogens with zero attached hydrogens (tertiary/aromatic N) is 1. The first-order chi connectivity index (χ1) is 12.6. The lowest BCUT2D eigenvalue weighted by Crippen LogP contribution is -2.33. The van der Waals surface area contributed by atoms with E-state index in [1.165, 1.54) is 4.90 Å². The number of ether oxygens (including phenoxy) is 1. The Balaban J connectivity index is 1.49. The molecule has 6 heteroatoms. The third-order valence-corrected chi connectivity index (χ3v) is 5.39. The molecule has 4 rings (SSSR count). The van der Waals surface area contributed by atoms with Gasteiger partial charge in [0.1, 0.15) is 0 Å². The molecule has 2 heterocycles. The average molecular weight is 354 g/mol. The number of carbonyl (C=O) groups excluding carboxylic acids is 3. The zero-order valence-corrected chi connectivity index (χ0v) is 14.5. The Labute approximate surface area is 152 Å². The molecule has 0 radical (unpaired) electrons. The fraction of sp³-hybridized carbons (Fsp3) is 0.450. The molecule has 3 atom stereocenters. The molecule has 2 aliphatic heterocycles. The van der Waals surface area contributed by atoms with E-state index in [0.717, 1.165) is 19.4 Å². The normalized spacial score (nSPS) is 27.7. The lowest BCUT2D eigenvalue weighted by molar-refractivity contribution is -0.122. The van der Waals surface area contributed by atoms with Gasteiger partial charge in [-0.25, -0.2) is 0 Å². The van der Waals surface area contributed by atoms with Crippen LogP contribution in [-0.2, 0) is 14.3 Å².